The Hall–Kier alpha value is -1.38. The van der Waals surface area contributed by atoms with Gasteiger partial charge in [0.05, 0.1) is 6.34 Å². The zero-order chi connectivity index (χ0) is 7.23. The van der Waals surface area contributed by atoms with Gasteiger partial charge in [0.2, 0.25) is 0 Å². The van der Waals surface area contributed by atoms with E-state index in [-0.39, 0.29) is 0 Å². The van der Waals surface area contributed by atoms with Crippen molar-refractivity contribution >= 4 is 12.2 Å². The molecule has 1 heterocycles. The highest BCUT2D eigenvalue weighted by molar-refractivity contribution is 5.73. The van der Waals surface area contributed by atoms with Crippen molar-refractivity contribution in [3.05, 3.63) is 24.4 Å². The molecule has 0 atom stereocenters. The van der Waals surface area contributed by atoms with E-state index in [4.69, 9.17) is 0 Å². The van der Waals surface area contributed by atoms with Crippen molar-refractivity contribution in [3.8, 4) is 0 Å². The molecule has 1 aromatic rings. The van der Waals surface area contributed by atoms with Crippen LogP contribution < -0.4 is 5.32 Å². The molecule has 1 N–H and O–H groups in total. The van der Waals surface area contributed by atoms with Gasteiger partial charge in [0.1, 0.15) is 5.82 Å². The Morgan fingerprint density at radius 2 is 2.50 bits per heavy atom. The van der Waals surface area contributed by atoms with Crippen LogP contribution in [0.5, 0.6) is 0 Å². The van der Waals surface area contributed by atoms with Gasteiger partial charge in [-0.25, -0.2) is 4.98 Å². The summed E-state index contributed by atoms with van der Waals surface area (Å²) in [6.45, 7) is 0. The number of anilines is 1. The number of nitrogens with zero attached hydrogens (tertiary/aromatic N) is 2. The molecule has 0 aliphatic rings. The van der Waals surface area contributed by atoms with Crippen LogP contribution in [-0.2, 0) is 0 Å². The molecule has 1 aromatic heterocycles. The maximum atomic E-state index is 4.01. The van der Waals surface area contributed by atoms with Crippen molar-refractivity contribution in [3.63, 3.8) is 0 Å². The maximum Gasteiger partial charge on any atom is 0.130 e. The molecule has 52 valence electrons. The summed E-state index contributed by atoms with van der Waals surface area (Å²) in [5.74, 6) is 0.813. The van der Waals surface area contributed by atoms with Gasteiger partial charge >= 0.3 is 0 Å². The van der Waals surface area contributed by atoms with Crippen molar-refractivity contribution in [1.29, 1.82) is 0 Å². The van der Waals surface area contributed by atoms with Crippen molar-refractivity contribution in [2.24, 2.45) is 4.99 Å². The molecule has 3 heteroatoms. The zero-order valence-electron chi connectivity index (χ0n) is 5.78. The van der Waals surface area contributed by atoms with Gasteiger partial charge in [-0.3, -0.25) is 4.99 Å². The highest BCUT2D eigenvalue weighted by atomic mass is 15.0. The molecule has 0 unspecified atom stereocenters. The lowest BCUT2D eigenvalue weighted by Gasteiger charge is -1.94. The fourth-order valence-electron chi connectivity index (χ4n) is 0.579. The summed E-state index contributed by atoms with van der Waals surface area (Å²) in [7, 11) is 1.70. The van der Waals surface area contributed by atoms with Gasteiger partial charge in [0.15, 0.2) is 0 Å². The number of pyridine rings is 1. The van der Waals surface area contributed by atoms with Crippen LogP contribution in [0.3, 0.4) is 0 Å². The largest absolute Gasteiger partial charge is 0.331 e. The predicted molar refractivity (Wildman–Crippen MR) is 42.3 cm³/mol. The predicted octanol–water partition coefficient (Wildman–Crippen LogP) is 1.15. The second-order valence-corrected chi connectivity index (χ2v) is 1.75. The SMILES string of the molecule is CN=CNc1ccccn1. The maximum absolute atomic E-state index is 4.01. The third-order valence-corrected chi connectivity index (χ3v) is 1.01. The lowest BCUT2D eigenvalue weighted by Crippen LogP contribution is -1.95. The number of hydrogen-bond acceptors (Lipinski definition) is 2. The van der Waals surface area contributed by atoms with Crippen molar-refractivity contribution in [1.82, 2.24) is 4.98 Å². The van der Waals surface area contributed by atoms with Crippen LogP contribution in [0.25, 0.3) is 0 Å². The Morgan fingerprint density at radius 1 is 1.60 bits per heavy atom. The molecule has 0 aliphatic heterocycles. The van der Waals surface area contributed by atoms with E-state index in [0.717, 1.165) is 5.82 Å². The number of rotatable bonds is 2. The van der Waals surface area contributed by atoms with Gasteiger partial charge in [0.25, 0.3) is 0 Å². The molecule has 0 spiro atoms. The zero-order valence-corrected chi connectivity index (χ0v) is 5.78. The van der Waals surface area contributed by atoms with Crippen LogP contribution in [0, 0.1) is 0 Å². The summed E-state index contributed by atoms with van der Waals surface area (Å²) in [6.07, 6.45) is 3.33. The monoisotopic (exact) mass is 135 g/mol. The normalized spacial score (nSPS) is 10.1. The third kappa shape index (κ3) is 1.85. The summed E-state index contributed by atoms with van der Waals surface area (Å²) in [5.41, 5.74) is 0. The van der Waals surface area contributed by atoms with Crippen molar-refractivity contribution < 1.29 is 0 Å². The van der Waals surface area contributed by atoms with E-state index in [2.05, 4.69) is 15.3 Å². The highest BCUT2D eigenvalue weighted by Gasteiger charge is 1.82. The van der Waals surface area contributed by atoms with E-state index < -0.39 is 0 Å². The van der Waals surface area contributed by atoms with E-state index in [9.17, 15) is 0 Å². The lowest BCUT2D eigenvalue weighted by atomic mass is 10.5. The average Bonchev–Trinajstić information content (AvgIpc) is 2.03. The summed E-state index contributed by atoms with van der Waals surface area (Å²) in [6, 6.07) is 5.66. The Labute approximate surface area is 59.8 Å². The fraction of sp³-hybridized carbons (Fsp3) is 0.143. The van der Waals surface area contributed by atoms with Crippen molar-refractivity contribution in [2.75, 3.05) is 12.4 Å². The van der Waals surface area contributed by atoms with Gasteiger partial charge in [-0.05, 0) is 12.1 Å². The van der Waals surface area contributed by atoms with Gasteiger partial charge in [0, 0.05) is 13.2 Å². The Kier molecular flexibility index (Phi) is 2.43. The van der Waals surface area contributed by atoms with Gasteiger partial charge in [-0.15, -0.1) is 0 Å². The minimum absolute atomic E-state index is 0.813. The molecule has 0 aliphatic carbocycles. The quantitative estimate of drug-likeness (QED) is 0.488. The molecule has 0 bridgehead atoms. The number of aromatic nitrogens is 1. The minimum Gasteiger partial charge on any atom is -0.331 e. The first-order chi connectivity index (χ1) is 4.93. The van der Waals surface area contributed by atoms with Crippen LogP contribution in [0.15, 0.2) is 29.4 Å². The molecular formula is C7H9N3. The molecule has 0 saturated heterocycles. The molecule has 1 rings (SSSR count). The average molecular weight is 135 g/mol. The number of hydrogen-bond donors (Lipinski definition) is 1. The van der Waals surface area contributed by atoms with E-state index in [1.807, 2.05) is 18.2 Å². The summed E-state index contributed by atoms with van der Waals surface area (Å²) in [5, 5.41) is 2.89. The fourth-order valence-corrected chi connectivity index (χ4v) is 0.579. The summed E-state index contributed by atoms with van der Waals surface area (Å²) in [4.78, 5) is 7.77. The second kappa shape index (κ2) is 3.61. The number of nitrogens with one attached hydrogen (secondary N) is 1. The Bertz CT molecular complexity index is 205. The lowest BCUT2D eigenvalue weighted by molar-refractivity contribution is 1.32. The van der Waals surface area contributed by atoms with E-state index in [1.54, 1.807) is 19.6 Å². The summed E-state index contributed by atoms with van der Waals surface area (Å²) < 4.78 is 0. The molecule has 0 aromatic carbocycles. The molecule has 0 fully saturated rings. The first-order valence-corrected chi connectivity index (χ1v) is 3.01. The van der Waals surface area contributed by atoms with Gasteiger partial charge in [-0.2, -0.15) is 0 Å². The van der Waals surface area contributed by atoms with Crippen LogP contribution in [0.1, 0.15) is 0 Å². The molecule has 0 radical (unpaired) electrons. The topological polar surface area (TPSA) is 37.3 Å². The molecule has 0 saturated carbocycles. The second-order valence-electron chi connectivity index (χ2n) is 1.75. The molecule has 10 heavy (non-hydrogen) atoms. The van der Waals surface area contributed by atoms with Crippen LogP contribution >= 0.6 is 0 Å². The Balaban J connectivity index is 2.59. The first-order valence-electron chi connectivity index (χ1n) is 3.01. The number of aliphatic imine (C=N–C) groups is 1. The van der Waals surface area contributed by atoms with E-state index in [1.165, 1.54) is 0 Å². The van der Waals surface area contributed by atoms with Crippen LogP contribution in [-0.4, -0.2) is 18.4 Å². The molecule has 3 nitrogen and oxygen atoms in total. The van der Waals surface area contributed by atoms with E-state index in [0.29, 0.717) is 0 Å². The van der Waals surface area contributed by atoms with Crippen LogP contribution in [0.4, 0.5) is 5.82 Å². The first kappa shape index (κ1) is 6.74. The third-order valence-electron chi connectivity index (χ3n) is 1.01. The minimum atomic E-state index is 0.813. The highest BCUT2D eigenvalue weighted by Crippen LogP contribution is 1.96. The van der Waals surface area contributed by atoms with Gasteiger partial charge in [-0.1, -0.05) is 6.07 Å². The van der Waals surface area contributed by atoms with Gasteiger partial charge < -0.3 is 5.32 Å². The van der Waals surface area contributed by atoms with E-state index >= 15 is 0 Å². The smallest absolute Gasteiger partial charge is 0.130 e. The molecular weight excluding hydrogens is 126 g/mol. The Morgan fingerprint density at radius 3 is 3.10 bits per heavy atom. The molecule has 0 amide bonds. The summed E-state index contributed by atoms with van der Waals surface area (Å²) >= 11 is 0. The standard InChI is InChI=1S/C7H9N3/c1-8-6-10-7-4-2-3-5-9-7/h2-6H,1H3,(H,8,9,10). The van der Waals surface area contributed by atoms with Crippen LogP contribution in [0.2, 0.25) is 0 Å². The van der Waals surface area contributed by atoms with Crippen molar-refractivity contribution in [2.45, 2.75) is 0 Å².